The second kappa shape index (κ2) is 11.4. The molecule has 13 heavy (non-hydrogen) atoms. The highest BCUT2D eigenvalue weighted by molar-refractivity contribution is 5.73. The Labute approximate surface area is 78.3 Å². The molecule has 0 aromatic rings. The third-order valence-corrected chi connectivity index (χ3v) is 0.923. The van der Waals surface area contributed by atoms with Crippen molar-refractivity contribution in [3.8, 4) is 0 Å². The van der Waals surface area contributed by atoms with Crippen molar-refractivity contribution in [1.82, 2.24) is 0 Å². The smallest absolute Gasteiger partial charge is 0.334 e. The van der Waals surface area contributed by atoms with Gasteiger partial charge in [-0.05, 0) is 13.8 Å². The maximum Gasteiger partial charge on any atom is 0.334 e. The van der Waals surface area contributed by atoms with E-state index in [9.17, 15) is 4.79 Å². The fraction of sp³-hybridized carbons (Fsp3) is 0.875. The molecule has 0 rings (SSSR count). The molecule has 0 saturated carbocycles. The number of carbonyl (C=O) groups excluding carboxylic acids is 1. The van der Waals surface area contributed by atoms with E-state index in [2.05, 4.69) is 9.47 Å². The molecule has 0 aliphatic heterocycles. The van der Waals surface area contributed by atoms with Crippen LogP contribution >= 0.6 is 0 Å². The number of methoxy groups -OCH3 is 1. The van der Waals surface area contributed by atoms with Crippen LogP contribution in [0.25, 0.3) is 0 Å². The summed E-state index contributed by atoms with van der Waals surface area (Å²) in [6.07, 6.45) is -0.991. The van der Waals surface area contributed by atoms with Crippen molar-refractivity contribution in [3.05, 3.63) is 0 Å². The van der Waals surface area contributed by atoms with E-state index in [-0.39, 0.29) is 6.61 Å². The molecule has 1 unspecified atom stereocenters. The lowest BCUT2D eigenvalue weighted by atomic mass is 10.4. The summed E-state index contributed by atoms with van der Waals surface area (Å²) in [6, 6.07) is 0. The van der Waals surface area contributed by atoms with E-state index in [1.54, 1.807) is 14.0 Å². The minimum atomic E-state index is -0.991. The molecule has 0 aliphatic rings. The summed E-state index contributed by atoms with van der Waals surface area (Å²) in [5, 5.41) is 16.4. The average molecular weight is 194 g/mol. The van der Waals surface area contributed by atoms with Crippen molar-refractivity contribution in [2.45, 2.75) is 20.0 Å². The quantitative estimate of drug-likeness (QED) is 0.593. The molecule has 0 heterocycles. The van der Waals surface area contributed by atoms with E-state index in [0.29, 0.717) is 13.2 Å². The largest absolute Gasteiger partial charge is 0.464 e. The van der Waals surface area contributed by atoms with Gasteiger partial charge in [-0.1, -0.05) is 0 Å². The van der Waals surface area contributed by atoms with Gasteiger partial charge in [0.2, 0.25) is 0 Å². The fourth-order valence-electron chi connectivity index (χ4n) is 0.354. The van der Waals surface area contributed by atoms with Crippen LogP contribution in [0.15, 0.2) is 0 Å². The summed E-state index contributed by atoms with van der Waals surface area (Å²) in [4.78, 5) is 10.3. The third kappa shape index (κ3) is 14.2. The van der Waals surface area contributed by atoms with Crippen LogP contribution in [0.2, 0.25) is 0 Å². The standard InChI is InChI=1S/C5H10O3.C3H8O2/c1-3-8-5(7)4(2)6;1-5-3-2-4/h4,6H,3H2,1-2H3;4H,2-3H2,1H3. The van der Waals surface area contributed by atoms with Crippen LogP contribution in [0.1, 0.15) is 13.8 Å². The molecule has 0 radical (unpaired) electrons. The van der Waals surface area contributed by atoms with Crippen LogP contribution in [0, 0.1) is 0 Å². The molecule has 0 bridgehead atoms. The topological polar surface area (TPSA) is 76.0 Å². The van der Waals surface area contributed by atoms with Crippen molar-refractivity contribution in [2.75, 3.05) is 26.9 Å². The van der Waals surface area contributed by atoms with Gasteiger partial charge in [0.15, 0.2) is 0 Å². The van der Waals surface area contributed by atoms with Gasteiger partial charge in [0.1, 0.15) is 6.10 Å². The maximum atomic E-state index is 10.3. The van der Waals surface area contributed by atoms with E-state index < -0.39 is 12.1 Å². The normalized spacial score (nSPS) is 11.2. The molecule has 2 N–H and O–H groups in total. The number of ether oxygens (including phenoxy) is 2. The van der Waals surface area contributed by atoms with Crippen LogP contribution in [0.5, 0.6) is 0 Å². The third-order valence-electron chi connectivity index (χ3n) is 0.923. The van der Waals surface area contributed by atoms with E-state index in [1.165, 1.54) is 6.92 Å². The van der Waals surface area contributed by atoms with Gasteiger partial charge >= 0.3 is 5.97 Å². The second-order valence-electron chi connectivity index (χ2n) is 2.14. The summed E-state index contributed by atoms with van der Waals surface area (Å²) in [5.74, 6) is -0.562. The molecular weight excluding hydrogens is 176 g/mol. The molecule has 0 saturated heterocycles. The lowest BCUT2D eigenvalue weighted by Crippen LogP contribution is -2.18. The first-order valence-electron chi connectivity index (χ1n) is 4.04. The SMILES string of the molecule is CCOC(=O)C(C)O.COCCO. The molecule has 5 heteroatoms. The van der Waals surface area contributed by atoms with Crippen molar-refractivity contribution in [1.29, 1.82) is 0 Å². The molecule has 80 valence electrons. The van der Waals surface area contributed by atoms with Gasteiger partial charge in [-0.15, -0.1) is 0 Å². The van der Waals surface area contributed by atoms with E-state index in [0.717, 1.165) is 0 Å². The monoisotopic (exact) mass is 194 g/mol. The van der Waals surface area contributed by atoms with Crippen LogP contribution in [0.4, 0.5) is 0 Å². The number of hydrogen-bond donors (Lipinski definition) is 2. The number of aliphatic hydroxyl groups excluding tert-OH is 2. The highest BCUT2D eigenvalue weighted by Crippen LogP contribution is 1.84. The number of hydrogen-bond acceptors (Lipinski definition) is 5. The van der Waals surface area contributed by atoms with Gasteiger partial charge in [-0.3, -0.25) is 0 Å². The zero-order valence-corrected chi connectivity index (χ0v) is 8.32. The second-order valence-corrected chi connectivity index (χ2v) is 2.14. The van der Waals surface area contributed by atoms with Crippen LogP contribution < -0.4 is 0 Å². The number of esters is 1. The van der Waals surface area contributed by atoms with Crippen molar-refractivity contribution in [3.63, 3.8) is 0 Å². The lowest BCUT2D eigenvalue weighted by Gasteiger charge is -2.01. The molecular formula is C8H18O5. The average Bonchev–Trinajstić information content (AvgIpc) is 2.07. The van der Waals surface area contributed by atoms with Crippen LogP contribution in [0.3, 0.4) is 0 Å². The highest BCUT2D eigenvalue weighted by atomic mass is 16.5. The van der Waals surface area contributed by atoms with Gasteiger partial charge in [-0.25, -0.2) is 4.79 Å². The summed E-state index contributed by atoms with van der Waals surface area (Å²) >= 11 is 0. The van der Waals surface area contributed by atoms with Crippen molar-refractivity contribution in [2.24, 2.45) is 0 Å². The van der Waals surface area contributed by atoms with E-state index in [4.69, 9.17) is 10.2 Å². The Morgan fingerprint density at radius 1 is 1.54 bits per heavy atom. The van der Waals surface area contributed by atoms with E-state index in [1.807, 2.05) is 0 Å². The molecule has 0 aromatic carbocycles. The first-order chi connectivity index (χ1) is 6.09. The van der Waals surface area contributed by atoms with Gasteiger partial charge in [0, 0.05) is 7.11 Å². The van der Waals surface area contributed by atoms with Crippen LogP contribution in [-0.4, -0.2) is 49.2 Å². The molecule has 0 amide bonds. The first-order valence-corrected chi connectivity index (χ1v) is 4.04. The molecule has 0 spiro atoms. The summed E-state index contributed by atoms with van der Waals surface area (Å²) in [6.45, 7) is 3.96. The van der Waals surface area contributed by atoms with E-state index >= 15 is 0 Å². The van der Waals surface area contributed by atoms with Gasteiger partial charge in [-0.2, -0.15) is 0 Å². The first kappa shape index (κ1) is 14.9. The highest BCUT2D eigenvalue weighted by Gasteiger charge is 2.07. The van der Waals surface area contributed by atoms with Crippen molar-refractivity contribution < 1.29 is 24.5 Å². The Bertz CT molecular complexity index is 111. The zero-order chi connectivity index (χ0) is 10.7. The maximum absolute atomic E-state index is 10.3. The summed E-state index contributed by atoms with van der Waals surface area (Å²) < 4.78 is 8.86. The van der Waals surface area contributed by atoms with Gasteiger partial charge in [0.05, 0.1) is 19.8 Å². The Hall–Kier alpha value is -0.650. The molecule has 0 aromatic heterocycles. The Morgan fingerprint density at radius 3 is 2.15 bits per heavy atom. The predicted octanol–water partition coefficient (Wildman–Crippen LogP) is -0.445. The molecule has 5 nitrogen and oxygen atoms in total. The molecule has 0 aliphatic carbocycles. The van der Waals surface area contributed by atoms with Gasteiger partial charge < -0.3 is 19.7 Å². The predicted molar refractivity (Wildman–Crippen MR) is 47.3 cm³/mol. The fourth-order valence-corrected chi connectivity index (χ4v) is 0.354. The summed E-state index contributed by atoms with van der Waals surface area (Å²) in [5.41, 5.74) is 0. The van der Waals surface area contributed by atoms with Crippen LogP contribution in [-0.2, 0) is 14.3 Å². The number of carbonyl (C=O) groups is 1. The summed E-state index contributed by atoms with van der Waals surface area (Å²) in [7, 11) is 1.55. The molecule has 1 atom stereocenters. The van der Waals surface area contributed by atoms with Crippen molar-refractivity contribution >= 4 is 5.97 Å². The number of aliphatic hydroxyl groups is 2. The minimum absolute atomic E-state index is 0.122. The minimum Gasteiger partial charge on any atom is -0.464 e. The van der Waals surface area contributed by atoms with Gasteiger partial charge in [0.25, 0.3) is 0 Å². The Balaban J connectivity index is 0. The molecule has 0 fully saturated rings. The zero-order valence-electron chi connectivity index (χ0n) is 8.32. The Kier molecular flexibility index (Phi) is 13.0. The number of rotatable bonds is 4. The lowest BCUT2D eigenvalue weighted by molar-refractivity contribution is -0.151. The Morgan fingerprint density at radius 2 is 2.08 bits per heavy atom.